The minimum Gasteiger partial charge on any atom is -0.271 e. The fourth-order valence-electron chi connectivity index (χ4n) is 1.95. The molecular weight excluding hydrogens is 236 g/mol. The first-order valence-electron chi connectivity index (χ1n) is 5.98. The lowest BCUT2D eigenvalue weighted by Crippen LogP contribution is -2.33. The maximum absolute atomic E-state index is 12.0. The van der Waals surface area contributed by atoms with Crippen LogP contribution in [0.4, 0.5) is 5.69 Å². The SMILES string of the molecule is CCc1ccc(NS(=O)(=O)N2CCCC2)cc1. The number of aryl methyl sites for hydroxylation is 1. The van der Waals surface area contributed by atoms with Gasteiger partial charge in [0, 0.05) is 18.8 Å². The second-order valence-corrected chi connectivity index (χ2v) is 5.93. The van der Waals surface area contributed by atoms with Crippen molar-refractivity contribution in [1.82, 2.24) is 4.31 Å². The van der Waals surface area contributed by atoms with E-state index in [1.54, 1.807) is 0 Å². The molecule has 0 unspecified atom stereocenters. The monoisotopic (exact) mass is 254 g/mol. The molecule has 0 aliphatic carbocycles. The smallest absolute Gasteiger partial charge is 0.271 e. The molecule has 1 aromatic carbocycles. The topological polar surface area (TPSA) is 49.4 Å². The summed E-state index contributed by atoms with van der Waals surface area (Å²) < 4.78 is 28.1. The molecule has 1 aliphatic rings. The van der Waals surface area contributed by atoms with Crippen LogP contribution in [0.2, 0.25) is 0 Å². The van der Waals surface area contributed by atoms with Gasteiger partial charge in [-0.25, -0.2) is 0 Å². The molecule has 0 bridgehead atoms. The number of rotatable bonds is 4. The predicted molar refractivity (Wildman–Crippen MR) is 69.2 cm³/mol. The summed E-state index contributed by atoms with van der Waals surface area (Å²) in [4.78, 5) is 0. The average molecular weight is 254 g/mol. The summed E-state index contributed by atoms with van der Waals surface area (Å²) in [7, 11) is -3.35. The minimum atomic E-state index is -3.35. The molecule has 17 heavy (non-hydrogen) atoms. The van der Waals surface area contributed by atoms with E-state index in [2.05, 4.69) is 11.6 Å². The maximum atomic E-state index is 12.0. The van der Waals surface area contributed by atoms with E-state index in [0.717, 1.165) is 19.3 Å². The first kappa shape index (κ1) is 12.4. The molecule has 1 aliphatic heterocycles. The largest absolute Gasteiger partial charge is 0.301 e. The van der Waals surface area contributed by atoms with Crippen LogP contribution in [0, 0.1) is 0 Å². The zero-order valence-electron chi connectivity index (χ0n) is 10.0. The highest BCUT2D eigenvalue weighted by Crippen LogP contribution is 2.17. The third kappa shape index (κ3) is 2.98. The molecule has 0 radical (unpaired) electrons. The molecule has 1 aromatic rings. The van der Waals surface area contributed by atoms with Gasteiger partial charge in [0.15, 0.2) is 0 Å². The van der Waals surface area contributed by atoms with Crippen LogP contribution in [-0.2, 0) is 16.6 Å². The van der Waals surface area contributed by atoms with E-state index < -0.39 is 10.2 Å². The normalized spacial score (nSPS) is 17.2. The van der Waals surface area contributed by atoms with Gasteiger partial charge >= 0.3 is 10.2 Å². The van der Waals surface area contributed by atoms with Crippen molar-refractivity contribution in [3.05, 3.63) is 29.8 Å². The van der Waals surface area contributed by atoms with Crippen molar-refractivity contribution in [2.45, 2.75) is 26.2 Å². The van der Waals surface area contributed by atoms with Gasteiger partial charge < -0.3 is 0 Å². The minimum absolute atomic E-state index is 0.627. The van der Waals surface area contributed by atoms with Gasteiger partial charge in [-0.1, -0.05) is 19.1 Å². The van der Waals surface area contributed by atoms with Gasteiger partial charge in [-0.05, 0) is 37.0 Å². The molecule has 1 N–H and O–H groups in total. The Bertz CT molecular complexity index is 462. The Balaban J connectivity index is 2.08. The molecule has 2 rings (SSSR count). The molecule has 1 saturated heterocycles. The summed E-state index contributed by atoms with van der Waals surface area (Å²) in [6, 6.07) is 7.52. The summed E-state index contributed by atoms with van der Waals surface area (Å²) >= 11 is 0. The van der Waals surface area contributed by atoms with Crippen LogP contribution < -0.4 is 4.72 Å². The lowest BCUT2D eigenvalue weighted by molar-refractivity contribution is 0.482. The van der Waals surface area contributed by atoms with Crippen LogP contribution in [0.1, 0.15) is 25.3 Å². The van der Waals surface area contributed by atoms with Crippen molar-refractivity contribution >= 4 is 15.9 Å². The molecule has 0 spiro atoms. The van der Waals surface area contributed by atoms with E-state index in [4.69, 9.17) is 0 Å². The molecule has 0 saturated carbocycles. The number of nitrogens with one attached hydrogen (secondary N) is 1. The predicted octanol–water partition coefficient (Wildman–Crippen LogP) is 2.00. The molecule has 94 valence electrons. The third-order valence-corrected chi connectivity index (χ3v) is 4.55. The van der Waals surface area contributed by atoms with Gasteiger partial charge in [-0.2, -0.15) is 12.7 Å². The van der Waals surface area contributed by atoms with Crippen molar-refractivity contribution < 1.29 is 8.42 Å². The Morgan fingerprint density at radius 2 is 1.76 bits per heavy atom. The Hall–Kier alpha value is -1.07. The molecule has 1 heterocycles. The Morgan fingerprint density at radius 3 is 2.29 bits per heavy atom. The molecule has 0 amide bonds. The number of hydrogen-bond donors (Lipinski definition) is 1. The van der Waals surface area contributed by atoms with Crippen molar-refractivity contribution in [2.75, 3.05) is 17.8 Å². The summed E-state index contributed by atoms with van der Waals surface area (Å²) in [5.41, 5.74) is 1.84. The second-order valence-electron chi connectivity index (χ2n) is 4.26. The Labute approximate surface area is 103 Å². The zero-order chi connectivity index (χ0) is 12.3. The average Bonchev–Trinajstić information content (AvgIpc) is 2.84. The van der Waals surface area contributed by atoms with E-state index in [9.17, 15) is 8.42 Å². The fraction of sp³-hybridized carbons (Fsp3) is 0.500. The highest BCUT2D eigenvalue weighted by molar-refractivity contribution is 7.90. The molecule has 0 atom stereocenters. The summed E-state index contributed by atoms with van der Waals surface area (Å²) in [5.74, 6) is 0. The van der Waals surface area contributed by atoms with Crippen LogP contribution in [-0.4, -0.2) is 25.8 Å². The van der Waals surface area contributed by atoms with E-state index in [0.29, 0.717) is 18.8 Å². The van der Waals surface area contributed by atoms with E-state index in [1.165, 1.54) is 9.87 Å². The van der Waals surface area contributed by atoms with Gasteiger partial charge in [0.2, 0.25) is 0 Å². The molecule has 1 fully saturated rings. The van der Waals surface area contributed by atoms with E-state index >= 15 is 0 Å². The van der Waals surface area contributed by atoms with Crippen LogP contribution in [0.5, 0.6) is 0 Å². The quantitative estimate of drug-likeness (QED) is 0.893. The highest BCUT2D eigenvalue weighted by Gasteiger charge is 2.24. The van der Waals surface area contributed by atoms with Crippen molar-refractivity contribution in [3.8, 4) is 0 Å². The van der Waals surface area contributed by atoms with Crippen molar-refractivity contribution in [2.24, 2.45) is 0 Å². The molecule has 0 aromatic heterocycles. The van der Waals surface area contributed by atoms with Gasteiger partial charge in [-0.15, -0.1) is 0 Å². The fourth-order valence-corrected chi connectivity index (χ4v) is 3.25. The lowest BCUT2D eigenvalue weighted by atomic mass is 10.2. The van der Waals surface area contributed by atoms with Crippen LogP contribution in [0.25, 0.3) is 0 Å². The van der Waals surface area contributed by atoms with Crippen LogP contribution in [0.3, 0.4) is 0 Å². The van der Waals surface area contributed by atoms with Gasteiger partial charge in [0.25, 0.3) is 0 Å². The van der Waals surface area contributed by atoms with Gasteiger partial charge in [0.1, 0.15) is 0 Å². The highest BCUT2D eigenvalue weighted by atomic mass is 32.2. The summed E-state index contributed by atoms with van der Waals surface area (Å²) in [5, 5.41) is 0. The number of anilines is 1. The van der Waals surface area contributed by atoms with E-state index in [1.807, 2.05) is 24.3 Å². The van der Waals surface area contributed by atoms with Crippen molar-refractivity contribution in [3.63, 3.8) is 0 Å². The Kier molecular flexibility index (Phi) is 3.69. The number of hydrogen-bond acceptors (Lipinski definition) is 2. The summed E-state index contributed by atoms with van der Waals surface area (Å²) in [6.45, 7) is 3.33. The molecule has 4 nitrogen and oxygen atoms in total. The Morgan fingerprint density at radius 1 is 1.18 bits per heavy atom. The standard InChI is InChI=1S/C12H18N2O2S/c1-2-11-5-7-12(8-6-11)13-17(15,16)14-9-3-4-10-14/h5-8,13H,2-4,9-10H2,1H3. The lowest BCUT2D eigenvalue weighted by Gasteiger charge is -2.16. The number of benzene rings is 1. The van der Waals surface area contributed by atoms with Crippen LogP contribution in [0.15, 0.2) is 24.3 Å². The van der Waals surface area contributed by atoms with Crippen molar-refractivity contribution in [1.29, 1.82) is 0 Å². The third-order valence-electron chi connectivity index (χ3n) is 3.01. The first-order chi connectivity index (χ1) is 8.12. The zero-order valence-corrected chi connectivity index (χ0v) is 10.8. The first-order valence-corrected chi connectivity index (χ1v) is 7.42. The molecule has 5 heteroatoms. The maximum Gasteiger partial charge on any atom is 0.301 e. The van der Waals surface area contributed by atoms with Crippen LogP contribution >= 0.6 is 0 Å². The number of nitrogens with zero attached hydrogens (tertiary/aromatic N) is 1. The van der Waals surface area contributed by atoms with Gasteiger partial charge in [0.05, 0.1) is 0 Å². The van der Waals surface area contributed by atoms with Gasteiger partial charge in [-0.3, -0.25) is 4.72 Å². The summed E-state index contributed by atoms with van der Waals surface area (Å²) in [6.07, 6.45) is 2.87. The second kappa shape index (κ2) is 5.06. The van der Waals surface area contributed by atoms with E-state index in [-0.39, 0.29) is 0 Å². The molecular formula is C12H18N2O2S.